The maximum Gasteiger partial charge on any atom is 0.326 e. The average Bonchev–Trinajstić information content (AvgIpc) is 3.68. The summed E-state index contributed by atoms with van der Waals surface area (Å²) in [6.45, 7) is 2.75. The fourth-order valence-electron chi connectivity index (χ4n) is 4.30. The van der Waals surface area contributed by atoms with Crippen LogP contribution in [0.25, 0.3) is 0 Å². The molecule has 178 valence electrons. The lowest BCUT2D eigenvalue weighted by atomic mass is 10.1. The van der Waals surface area contributed by atoms with Crippen LogP contribution in [-0.2, 0) is 17.6 Å². The molecule has 0 unspecified atom stereocenters. The van der Waals surface area contributed by atoms with Crippen molar-refractivity contribution in [1.29, 1.82) is 0 Å². The zero-order valence-corrected chi connectivity index (χ0v) is 19.3. The molecule has 3 N–H and O–H groups in total. The topological polar surface area (TPSA) is 112 Å². The summed E-state index contributed by atoms with van der Waals surface area (Å²) in [6, 6.07) is 6.12. The number of hydrogen-bond donors (Lipinski definition) is 3. The fourth-order valence-corrected chi connectivity index (χ4v) is 4.30. The van der Waals surface area contributed by atoms with E-state index in [4.69, 9.17) is 9.72 Å². The second kappa shape index (κ2) is 11.3. The van der Waals surface area contributed by atoms with Gasteiger partial charge in [-0.1, -0.05) is 6.07 Å². The first-order valence-electron chi connectivity index (χ1n) is 12.0. The van der Waals surface area contributed by atoms with Crippen molar-refractivity contribution in [3.8, 4) is 6.01 Å². The molecule has 0 saturated heterocycles. The Morgan fingerprint density at radius 2 is 2.15 bits per heavy atom. The smallest absolute Gasteiger partial charge is 0.326 e. The zero-order valence-electron chi connectivity index (χ0n) is 19.3. The molecular weight excluding hydrogens is 420 g/mol. The number of ether oxygens (including phenoxy) is 1. The Kier molecular flexibility index (Phi) is 7.93. The third-order valence-corrected chi connectivity index (χ3v) is 6.28. The van der Waals surface area contributed by atoms with Crippen molar-refractivity contribution in [3.63, 3.8) is 0 Å². The fraction of sp³-hybridized carbons (Fsp3) is 0.583. The number of fused-ring (bicyclic) bond motifs is 1. The van der Waals surface area contributed by atoms with Gasteiger partial charge in [0.15, 0.2) is 0 Å². The molecule has 0 radical (unpaired) electrons. The van der Waals surface area contributed by atoms with Crippen LogP contribution in [0.4, 0.5) is 11.6 Å². The van der Waals surface area contributed by atoms with E-state index in [0.29, 0.717) is 18.3 Å². The van der Waals surface area contributed by atoms with Gasteiger partial charge in [0, 0.05) is 31.0 Å². The minimum absolute atomic E-state index is 0.216. The maximum atomic E-state index is 11.8. The van der Waals surface area contributed by atoms with E-state index in [1.54, 1.807) is 12.3 Å². The number of hydrogen-bond acceptors (Lipinski definition) is 8. The summed E-state index contributed by atoms with van der Waals surface area (Å²) in [6.07, 6.45) is 9.89. The molecule has 2 aliphatic rings. The molecule has 3 heterocycles. The van der Waals surface area contributed by atoms with Gasteiger partial charge in [0.1, 0.15) is 17.7 Å². The van der Waals surface area contributed by atoms with E-state index >= 15 is 0 Å². The molecule has 0 amide bonds. The first kappa shape index (κ1) is 23.2. The number of carboxylic acids is 1. The van der Waals surface area contributed by atoms with Gasteiger partial charge < -0.3 is 25.4 Å². The normalized spacial score (nSPS) is 16.1. The Morgan fingerprint density at radius 1 is 1.27 bits per heavy atom. The minimum atomic E-state index is -0.879. The first-order valence-corrected chi connectivity index (χ1v) is 12.0. The second-order valence-corrected chi connectivity index (χ2v) is 8.82. The van der Waals surface area contributed by atoms with Gasteiger partial charge in [0.05, 0.1) is 7.11 Å². The number of aliphatic carboxylic acids is 1. The zero-order chi connectivity index (χ0) is 23.0. The van der Waals surface area contributed by atoms with Crippen LogP contribution >= 0.6 is 0 Å². The van der Waals surface area contributed by atoms with Crippen molar-refractivity contribution in [1.82, 2.24) is 19.9 Å². The highest BCUT2D eigenvalue weighted by atomic mass is 16.5. The number of aryl methyl sites for hydroxylation is 2. The Balaban J connectivity index is 1.24. The van der Waals surface area contributed by atoms with Gasteiger partial charge in [-0.15, -0.1) is 0 Å². The second-order valence-electron chi connectivity index (χ2n) is 8.82. The summed E-state index contributed by atoms with van der Waals surface area (Å²) in [4.78, 5) is 27.2. The molecule has 9 nitrogen and oxygen atoms in total. The van der Waals surface area contributed by atoms with Crippen molar-refractivity contribution in [2.45, 2.75) is 63.5 Å². The molecule has 2 aromatic heterocycles. The first-order chi connectivity index (χ1) is 16.1. The molecule has 1 saturated carbocycles. The van der Waals surface area contributed by atoms with Crippen molar-refractivity contribution >= 4 is 17.6 Å². The van der Waals surface area contributed by atoms with Gasteiger partial charge in [-0.2, -0.15) is 4.98 Å². The van der Waals surface area contributed by atoms with E-state index < -0.39 is 12.0 Å². The SMILES string of the molecule is COc1nccc(N[C@@H](CCN(CCCCc2ccc3c(n2)NCCC3)C2CC2)C(=O)O)n1. The van der Waals surface area contributed by atoms with Crippen LogP contribution in [0.2, 0.25) is 0 Å². The molecule has 33 heavy (non-hydrogen) atoms. The summed E-state index contributed by atoms with van der Waals surface area (Å²) in [5, 5.41) is 16.1. The van der Waals surface area contributed by atoms with Gasteiger partial charge in [0.25, 0.3) is 0 Å². The summed E-state index contributed by atoms with van der Waals surface area (Å²) >= 11 is 0. The molecule has 1 atom stereocenters. The molecular formula is C24H34N6O3. The quantitative estimate of drug-likeness (QED) is 0.393. The van der Waals surface area contributed by atoms with Crippen LogP contribution in [0.15, 0.2) is 24.4 Å². The molecule has 0 aromatic carbocycles. The van der Waals surface area contributed by atoms with Crippen LogP contribution < -0.4 is 15.4 Å². The summed E-state index contributed by atoms with van der Waals surface area (Å²) in [5.41, 5.74) is 2.48. The number of nitrogens with zero attached hydrogens (tertiary/aromatic N) is 4. The largest absolute Gasteiger partial charge is 0.480 e. The predicted molar refractivity (Wildman–Crippen MR) is 127 cm³/mol. The number of aromatic nitrogens is 3. The number of nitrogens with one attached hydrogen (secondary N) is 2. The van der Waals surface area contributed by atoms with Crippen molar-refractivity contribution in [2.24, 2.45) is 0 Å². The number of anilines is 2. The van der Waals surface area contributed by atoms with Crippen molar-refractivity contribution in [2.75, 3.05) is 37.4 Å². The van der Waals surface area contributed by atoms with Gasteiger partial charge >= 0.3 is 12.0 Å². The Labute approximate surface area is 195 Å². The molecule has 0 spiro atoms. The molecule has 2 aromatic rings. The summed E-state index contributed by atoms with van der Waals surface area (Å²) in [7, 11) is 1.49. The number of methoxy groups -OCH3 is 1. The minimum Gasteiger partial charge on any atom is -0.480 e. The van der Waals surface area contributed by atoms with Gasteiger partial charge in [-0.05, 0) is 75.6 Å². The molecule has 1 aliphatic heterocycles. The number of unbranched alkanes of at least 4 members (excludes halogenated alkanes) is 1. The third kappa shape index (κ3) is 6.77. The highest BCUT2D eigenvalue weighted by molar-refractivity contribution is 5.76. The van der Waals surface area contributed by atoms with Crippen LogP contribution in [-0.4, -0.2) is 69.8 Å². The number of rotatable bonds is 13. The van der Waals surface area contributed by atoms with Gasteiger partial charge in [-0.3, -0.25) is 0 Å². The molecule has 4 rings (SSSR count). The van der Waals surface area contributed by atoms with Crippen molar-refractivity contribution < 1.29 is 14.6 Å². The Hall–Kier alpha value is -2.94. The monoisotopic (exact) mass is 454 g/mol. The third-order valence-electron chi connectivity index (χ3n) is 6.28. The predicted octanol–water partition coefficient (Wildman–Crippen LogP) is 2.98. The van der Waals surface area contributed by atoms with E-state index in [2.05, 4.69) is 37.6 Å². The van der Waals surface area contributed by atoms with E-state index in [1.807, 2.05) is 0 Å². The summed E-state index contributed by atoms with van der Waals surface area (Å²) < 4.78 is 5.02. The number of pyridine rings is 1. The lowest BCUT2D eigenvalue weighted by molar-refractivity contribution is -0.138. The molecule has 9 heteroatoms. The molecule has 1 aliphatic carbocycles. The van der Waals surface area contributed by atoms with E-state index in [9.17, 15) is 9.90 Å². The van der Waals surface area contributed by atoms with Crippen molar-refractivity contribution in [3.05, 3.63) is 35.7 Å². The lowest BCUT2D eigenvalue weighted by Gasteiger charge is -2.24. The average molecular weight is 455 g/mol. The van der Waals surface area contributed by atoms with Crippen LogP contribution in [0.1, 0.15) is 49.8 Å². The van der Waals surface area contributed by atoms with Gasteiger partial charge in [-0.25, -0.2) is 14.8 Å². The van der Waals surface area contributed by atoms with Crippen LogP contribution in [0.5, 0.6) is 6.01 Å². The van der Waals surface area contributed by atoms with E-state index in [0.717, 1.165) is 56.8 Å². The summed E-state index contributed by atoms with van der Waals surface area (Å²) in [5.74, 6) is 0.640. The number of carbonyl (C=O) groups is 1. The van der Waals surface area contributed by atoms with Crippen LogP contribution in [0.3, 0.4) is 0 Å². The van der Waals surface area contributed by atoms with E-state index in [1.165, 1.54) is 31.9 Å². The Bertz CT molecular complexity index is 936. The highest BCUT2D eigenvalue weighted by Gasteiger charge is 2.29. The van der Waals surface area contributed by atoms with Crippen LogP contribution in [0, 0.1) is 0 Å². The standard InChI is InChI=1S/C24H34N6O3/c1-33-24-26-14-11-21(29-24)28-20(23(31)32)12-16-30(19-9-10-19)15-3-2-6-18-8-7-17-5-4-13-25-22(17)27-18/h7-8,11,14,19-20H,2-6,9-10,12-13,15-16H2,1H3,(H,25,27)(H,31,32)(H,26,28,29)/t20-/m0/s1. The number of carboxylic acid groups (broad SMARTS) is 1. The molecule has 0 bridgehead atoms. The highest BCUT2D eigenvalue weighted by Crippen LogP contribution is 2.28. The lowest BCUT2D eigenvalue weighted by Crippen LogP contribution is -2.36. The maximum absolute atomic E-state index is 11.8. The van der Waals surface area contributed by atoms with E-state index in [-0.39, 0.29) is 6.01 Å². The molecule has 1 fully saturated rings. The Morgan fingerprint density at radius 3 is 2.94 bits per heavy atom. The van der Waals surface area contributed by atoms with Gasteiger partial charge in [0.2, 0.25) is 0 Å².